The molecule has 164 valence electrons. The number of nitrogens with one attached hydrogen (secondary N) is 1. The first-order valence-electron chi connectivity index (χ1n) is 10.0. The zero-order chi connectivity index (χ0) is 22.8. The number of aryl methyl sites for hydroxylation is 1. The van der Waals surface area contributed by atoms with Crippen LogP contribution in [0, 0.1) is 13.8 Å². The van der Waals surface area contributed by atoms with Crippen LogP contribution in [0.15, 0.2) is 67.0 Å². The number of ether oxygens (including phenoxy) is 1. The normalized spacial score (nSPS) is 11.4. The molecule has 32 heavy (non-hydrogen) atoms. The Kier molecular flexibility index (Phi) is 6.53. The van der Waals surface area contributed by atoms with Gasteiger partial charge in [-0.2, -0.15) is 5.10 Å². The van der Waals surface area contributed by atoms with Crippen LogP contribution in [-0.2, 0) is 0 Å². The van der Waals surface area contributed by atoms with E-state index in [-0.39, 0.29) is 5.76 Å². The highest BCUT2D eigenvalue weighted by atomic mass is 79.9. The fourth-order valence-electron chi connectivity index (χ4n) is 3.58. The van der Waals surface area contributed by atoms with Gasteiger partial charge in [0.2, 0.25) is 0 Å². The highest BCUT2D eigenvalue weighted by molar-refractivity contribution is 9.11. The molecule has 6 nitrogen and oxygen atoms in total. The summed E-state index contributed by atoms with van der Waals surface area (Å²) in [7, 11) is 0. The Morgan fingerprint density at radius 1 is 1.16 bits per heavy atom. The number of fused-ring (bicyclic) bond motifs is 1. The zero-order valence-electron chi connectivity index (χ0n) is 17.8. The van der Waals surface area contributed by atoms with Crippen LogP contribution in [0.5, 0.6) is 5.75 Å². The van der Waals surface area contributed by atoms with Gasteiger partial charge in [0.25, 0.3) is 0 Å². The number of hydrogen-bond donors (Lipinski definition) is 1. The van der Waals surface area contributed by atoms with Crippen molar-refractivity contribution in [1.82, 2.24) is 9.99 Å². The summed E-state index contributed by atoms with van der Waals surface area (Å²) in [6.45, 7) is 6.64. The van der Waals surface area contributed by atoms with E-state index in [0.717, 1.165) is 42.7 Å². The monoisotopic (exact) mass is 557 g/mol. The fraction of sp³-hybridized carbons (Fsp3) is 0.167. The van der Waals surface area contributed by atoms with Crippen molar-refractivity contribution in [2.75, 3.05) is 6.61 Å². The van der Waals surface area contributed by atoms with Crippen LogP contribution in [0.4, 0.5) is 0 Å². The third-order valence-corrected chi connectivity index (χ3v) is 6.05. The second kappa shape index (κ2) is 9.34. The first-order valence-corrected chi connectivity index (χ1v) is 11.6. The van der Waals surface area contributed by atoms with E-state index in [4.69, 9.17) is 9.15 Å². The molecule has 0 spiro atoms. The standard InChI is InChI=1S/C24H21Br2N3O3/c1-4-31-20-7-5-19(6-8-20)29-14(2)9-17(15(29)3)13-27-28-24(30)22-11-16-10-18(25)12-21(26)23(16)32-22/h5-13H,4H2,1-3H3,(H,28,30)/b27-13-. The van der Waals surface area contributed by atoms with Crippen molar-refractivity contribution in [3.8, 4) is 11.4 Å². The van der Waals surface area contributed by atoms with Gasteiger partial charge in [-0.3, -0.25) is 4.79 Å². The number of amides is 1. The van der Waals surface area contributed by atoms with Crippen LogP contribution in [0.3, 0.4) is 0 Å². The first kappa shape index (κ1) is 22.4. The largest absolute Gasteiger partial charge is 0.494 e. The molecule has 2 aromatic heterocycles. The molecular weight excluding hydrogens is 538 g/mol. The maximum absolute atomic E-state index is 12.5. The number of nitrogens with zero attached hydrogens (tertiary/aromatic N) is 2. The van der Waals surface area contributed by atoms with Gasteiger partial charge in [-0.15, -0.1) is 0 Å². The van der Waals surface area contributed by atoms with Crippen LogP contribution in [0.1, 0.15) is 34.4 Å². The van der Waals surface area contributed by atoms with Crippen molar-refractivity contribution in [2.45, 2.75) is 20.8 Å². The second-order valence-corrected chi connectivity index (χ2v) is 8.97. The maximum atomic E-state index is 12.5. The number of aromatic nitrogens is 1. The average molecular weight is 559 g/mol. The Bertz CT molecular complexity index is 1320. The molecule has 0 bridgehead atoms. The minimum absolute atomic E-state index is 0.191. The number of hydrazone groups is 1. The second-order valence-electron chi connectivity index (χ2n) is 7.20. The van der Waals surface area contributed by atoms with E-state index in [1.54, 1.807) is 12.3 Å². The van der Waals surface area contributed by atoms with E-state index in [0.29, 0.717) is 12.2 Å². The lowest BCUT2D eigenvalue weighted by molar-refractivity contribution is 0.0929. The number of carbonyl (C=O) groups excluding carboxylic acids is 1. The van der Waals surface area contributed by atoms with Gasteiger partial charge in [-0.1, -0.05) is 15.9 Å². The van der Waals surface area contributed by atoms with E-state index in [9.17, 15) is 4.79 Å². The molecule has 2 heterocycles. The number of carbonyl (C=O) groups is 1. The summed E-state index contributed by atoms with van der Waals surface area (Å²) in [6, 6.07) is 15.4. The molecule has 0 unspecified atom stereocenters. The van der Waals surface area contributed by atoms with Crippen molar-refractivity contribution in [3.63, 3.8) is 0 Å². The van der Waals surface area contributed by atoms with Gasteiger partial charge < -0.3 is 13.7 Å². The molecule has 1 N–H and O–H groups in total. The molecule has 0 aliphatic carbocycles. The highest BCUT2D eigenvalue weighted by Gasteiger charge is 2.15. The molecule has 0 saturated carbocycles. The molecule has 0 aliphatic rings. The number of halogens is 2. The van der Waals surface area contributed by atoms with E-state index < -0.39 is 5.91 Å². The number of rotatable bonds is 6. The Labute approximate surface area is 202 Å². The van der Waals surface area contributed by atoms with Gasteiger partial charge in [-0.25, -0.2) is 5.43 Å². The third kappa shape index (κ3) is 4.52. The summed E-state index contributed by atoms with van der Waals surface area (Å²) in [6.07, 6.45) is 1.64. The number of benzene rings is 2. The van der Waals surface area contributed by atoms with Crippen LogP contribution >= 0.6 is 31.9 Å². The van der Waals surface area contributed by atoms with E-state index in [1.165, 1.54) is 0 Å². The third-order valence-electron chi connectivity index (χ3n) is 5.01. The lowest BCUT2D eigenvalue weighted by Gasteiger charge is -2.10. The Morgan fingerprint density at radius 2 is 1.91 bits per heavy atom. The molecule has 4 rings (SSSR count). The molecule has 0 atom stereocenters. The first-order chi connectivity index (χ1) is 15.4. The van der Waals surface area contributed by atoms with Crippen LogP contribution in [0.25, 0.3) is 16.7 Å². The van der Waals surface area contributed by atoms with Crippen LogP contribution in [-0.4, -0.2) is 23.3 Å². The maximum Gasteiger partial charge on any atom is 0.307 e. The summed E-state index contributed by atoms with van der Waals surface area (Å²) < 4.78 is 15.0. The van der Waals surface area contributed by atoms with Gasteiger partial charge in [0, 0.05) is 32.5 Å². The van der Waals surface area contributed by atoms with Gasteiger partial charge in [-0.05, 0) is 85.2 Å². The summed E-state index contributed by atoms with van der Waals surface area (Å²) in [5.74, 6) is 0.616. The molecule has 8 heteroatoms. The summed E-state index contributed by atoms with van der Waals surface area (Å²) in [5, 5.41) is 4.96. The SMILES string of the molecule is CCOc1ccc(-n2c(C)cc(/C=N\NC(=O)c3cc4cc(Br)cc(Br)c4o3)c2C)cc1. The topological polar surface area (TPSA) is 68.8 Å². The summed E-state index contributed by atoms with van der Waals surface area (Å²) in [4.78, 5) is 12.5. The van der Waals surface area contributed by atoms with E-state index >= 15 is 0 Å². The van der Waals surface area contributed by atoms with Gasteiger partial charge in [0.1, 0.15) is 11.3 Å². The molecule has 2 aromatic carbocycles. The molecular formula is C24H21Br2N3O3. The average Bonchev–Trinajstić information content (AvgIpc) is 3.30. The molecule has 0 saturated heterocycles. The van der Waals surface area contributed by atoms with Gasteiger partial charge in [0.15, 0.2) is 5.76 Å². The van der Waals surface area contributed by atoms with Gasteiger partial charge in [0.05, 0.1) is 17.3 Å². The lowest BCUT2D eigenvalue weighted by atomic mass is 10.2. The predicted molar refractivity (Wildman–Crippen MR) is 133 cm³/mol. The minimum atomic E-state index is -0.416. The van der Waals surface area contributed by atoms with Crippen molar-refractivity contribution >= 4 is 55.0 Å². The van der Waals surface area contributed by atoms with E-state index in [2.05, 4.69) is 47.0 Å². The predicted octanol–water partition coefficient (Wildman–Crippen LogP) is 6.53. The van der Waals surface area contributed by atoms with Gasteiger partial charge >= 0.3 is 5.91 Å². The Balaban J connectivity index is 1.51. The van der Waals surface area contributed by atoms with Crippen molar-refractivity contribution in [2.24, 2.45) is 5.10 Å². The van der Waals surface area contributed by atoms with Crippen molar-refractivity contribution in [1.29, 1.82) is 0 Å². The van der Waals surface area contributed by atoms with E-state index in [1.807, 2.05) is 63.2 Å². The molecule has 1 amide bonds. The Morgan fingerprint density at radius 3 is 2.62 bits per heavy atom. The zero-order valence-corrected chi connectivity index (χ0v) is 21.0. The van der Waals surface area contributed by atoms with Crippen molar-refractivity contribution < 1.29 is 13.9 Å². The summed E-state index contributed by atoms with van der Waals surface area (Å²) in [5.41, 5.74) is 7.18. The summed E-state index contributed by atoms with van der Waals surface area (Å²) >= 11 is 6.88. The molecule has 0 aliphatic heterocycles. The number of furan rings is 1. The van der Waals surface area contributed by atoms with Crippen LogP contribution < -0.4 is 10.2 Å². The van der Waals surface area contributed by atoms with Crippen LogP contribution in [0.2, 0.25) is 0 Å². The molecule has 0 fully saturated rings. The quantitative estimate of drug-likeness (QED) is 0.216. The highest BCUT2D eigenvalue weighted by Crippen LogP contribution is 2.31. The lowest BCUT2D eigenvalue weighted by Crippen LogP contribution is -2.16. The smallest absolute Gasteiger partial charge is 0.307 e. The molecule has 4 aromatic rings. The number of hydrogen-bond acceptors (Lipinski definition) is 4. The minimum Gasteiger partial charge on any atom is -0.494 e. The van der Waals surface area contributed by atoms with Crippen molar-refractivity contribution in [3.05, 3.63) is 80.2 Å². The Hall–Kier alpha value is -2.84. The fourth-order valence-corrected chi connectivity index (χ4v) is 4.92. The molecule has 0 radical (unpaired) electrons.